The number of ether oxygens (including phenoxy) is 2. The summed E-state index contributed by atoms with van der Waals surface area (Å²) < 4.78 is 9.08. The van der Waals surface area contributed by atoms with Crippen molar-refractivity contribution in [1.82, 2.24) is 0 Å². The van der Waals surface area contributed by atoms with Crippen LogP contribution in [0.3, 0.4) is 0 Å². The van der Waals surface area contributed by atoms with E-state index in [9.17, 15) is 4.79 Å². The highest BCUT2D eigenvalue weighted by Gasteiger charge is 2.22. The van der Waals surface area contributed by atoms with Crippen LogP contribution in [-0.2, 0) is 14.3 Å². The zero-order valence-corrected chi connectivity index (χ0v) is 8.46. The smallest absolute Gasteiger partial charge is 0.293 e. The number of hydrogen-bond acceptors (Lipinski definition) is 3. The van der Waals surface area contributed by atoms with Gasteiger partial charge in [-0.25, -0.2) is 0 Å². The maximum Gasteiger partial charge on any atom is 0.293 e. The Kier molecular flexibility index (Phi) is 5.19. The van der Waals surface area contributed by atoms with E-state index in [4.69, 9.17) is 4.74 Å². The topological polar surface area (TPSA) is 38.8 Å². The molecule has 0 aliphatic carbocycles. The van der Waals surface area contributed by atoms with Gasteiger partial charge in [-0.05, 0) is 5.56 Å². The second-order valence-corrected chi connectivity index (χ2v) is 3.00. The maximum absolute atomic E-state index is 9.46. The summed E-state index contributed by atoms with van der Waals surface area (Å²) in [7, 11) is 0. The van der Waals surface area contributed by atoms with E-state index in [-0.39, 0.29) is 6.10 Å². The Balaban J connectivity index is 0.000000151. The van der Waals surface area contributed by atoms with Gasteiger partial charge in [0, 0.05) is 0 Å². The van der Waals surface area contributed by atoms with Crippen LogP contribution in [0.5, 0.6) is 0 Å². The average molecular weight is 206 g/mol. The van der Waals surface area contributed by atoms with Crippen molar-refractivity contribution < 1.29 is 14.3 Å². The second-order valence-electron chi connectivity index (χ2n) is 3.00. The summed E-state index contributed by atoms with van der Waals surface area (Å²) in [4.78, 5) is 9.46. The van der Waals surface area contributed by atoms with Crippen molar-refractivity contribution in [2.45, 2.75) is 6.10 Å². The van der Waals surface area contributed by atoms with Crippen LogP contribution in [-0.4, -0.2) is 25.8 Å². The molecular weight excluding hydrogens is 192 g/mol. The number of epoxide rings is 1. The first-order valence-corrected chi connectivity index (χ1v) is 4.71. The van der Waals surface area contributed by atoms with E-state index in [2.05, 4.69) is 11.3 Å². The van der Waals surface area contributed by atoms with Crippen molar-refractivity contribution in [2.24, 2.45) is 0 Å². The zero-order valence-electron chi connectivity index (χ0n) is 8.46. The minimum atomic E-state index is 0.199. The molecule has 0 saturated carbocycles. The van der Waals surface area contributed by atoms with Crippen LogP contribution < -0.4 is 0 Å². The summed E-state index contributed by atoms with van der Waals surface area (Å²) in [6.45, 7) is 5.23. The fraction of sp³-hybridized carbons (Fsp3) is 0.250. The largest absolute Gasteiger partial charge is 0.465 e. The summed E-state index contributed by atoms with van der Waals surface area (Å²) in [6, 6.07) is 10.0. The molecule has 2 rings (SSSR count). The predicted octanol–water partition coefficient (Wildman–Crippen LogP) is 1.89. The van der Waals surface area contributed by atoms with E-state index >= 15 is 0 Å². The van der Waals surface area contributed by atoms with E-state index in [0.29, 0.717) is 13.1 Å². The summed E-state index contributed by atoms with van der Waals surface area (Å²) in [5.74, 6) is 0. The van der Waals surface area contributed by atoms with Crippen LogP contribution in [0.15, 0.2) is 36.9 Å². The van der Waals surface area contributed by atoms with E-state index in [0.717, 1.165) is 6.61 Å². The molecule has 1 aromatic carbocycles. The molecular formula is C12H14O3. The molecule has 0 spiro atoms. The SMILES string of the molecule is C=Cc1ccccc1.O=COCC1CO1. The minimum Gasteiger partial charge on any atom is -0.465 e. The normalized spacial score (nSPS) is 16.9. The minimum absolute atomic E-state index is 0.199. The van der Waals surface area contributed by atoms with Crippen LogP contribution in [0, 0.1) is 0 Å². The highest BCUT2D eigenvalue weighted by Crippen LogP contribution is 2.07. The Morgan fingerprint density at radius 1 is 1.47 bits per heavy atom. The molecule has 1 heterocycles. The Hall–Kier alpha value is -1.61. The molecule has 1 aromatic rings. The fourth-order valence-corrected chi connectivity index (χ4v) is 0.900. The number of benzene rings is 1. The van der Waals surface area contributed by atoms with Crippen molar-refractivity contribution in [2.75, 3.05) is 13.2 Å². The van der Waals surface area contributed by atoms with Gasteiger partial charge in [-0.3, -0.25) is 4.79 Å². The molecule has 0 N–H and O–H groups in total. The monoisotopic (exact) mass is 206 g/mol. The Morgan fingerprint density at radius 2 is 2.13 bits per heavy atom. The fourth-order valence-electron chi connectivity index (χ4n) is 0.900. The predicted molar refractivity (Wildman–Crippen MR) is 58.3 cm³/mol. The van der Waals surface area contributed by atoms with E-state index in [1.54, 1.807) is 0 Å². The van der Waals surface area contributed by atoms with Crippen LogP contribution >= 0.6 is 0 Å². The summed E-state index contributed by atoms with van der Waals surface area (Å²) in [5, 5.41) is 0. The molecule has 0 amide bonds. The third kappa shape index (κ3) is 5.65. The van der Waals surface area contributed by atoms with Gasteiger partial charge in [0.25, 0.3) is 6.47 Å². The molecule has 15 heavy (non-hydrogen) atoms. The van der Waals surface area contributed by atoms with Gasteiger partial charge in [-0.1, -0.05) is 43.0 Å². The molecule has 0 aromatic heterocycles. The highest BCUT2D eigenvalue weighted by molar-refractivity contribution is 5.45. The van der Waals surface area contributed by atoms with Gasteiger partial charge < -0.3 is 9.47 Å². The lowest BCUT2D eigenvalue weighted by atomic mass is 10.2. The lowest BCUT2D eigenvalue weighted by Gasteiger charge is -1.86. The van der Waals surface area contributed by atoms with Crippen LogP contribution in [0.2, 0.25) is 0 Å². The molecule has 0 radical (unpaired) electrons. The maximum atomic E-state index is 9.46. The van der Waals surface area contributed by atoms with Gasteiger partial charge in [0.2, 0.25) is 0 Å². The van der Waals surface area contributed by atoms with Gasteiger partial charge in [0.1, 0.15) is 12.7 Å². The molecule has 0 bridgehead atoms. The molecule has 1 unspecified atom stereocenters. The van der Waals surface area contributed by atoms with Gasteiger partial charge in [0.05, 0.1) is 6.61 Å². The molecule has 1 aliphatic heterocycles. The highest BCUT2D eigenvalue weighted by atomic mass is 16.6. The van der Waals surface area contributed by atoms with Gasteiger partial charge in [-0.2, -0.15) is 0 Å². The zero-order chi connectivity index (χ0) is 10.9. The van der Waals surface area contributed by atoms with Crippen molar-refractivity contribution in [3.05, 3.63) is 42.5 Å². The molecule has 1 saturated heterocycles. The number of carbonyl (C=O) groups excluding carboxylic acids is 1. The van der Waals surface area contributed by atoms with Crippen molar-refractivity contribution in [1.29, 1.82) is 0 Å². The molecule has 3 nitrogen and oxygen atoms in total. The molecule has 1 atom stereocenters. The first-order chi connectivity index (χ1) is 7.36. The van der Waals surface area contributed by atoms with Crippen LogP contribution in [0.25, 0.3) is 6.08 Å². The Labute approximate surface area is 89.3 Å². The van der Waals surface area contributed by atoms with E-state index in [1.165, 1.54) is 5.56 Å². The molecule has 80 valence electrons. The quantitative estimate of drug-likeness (QED) is 0.557. The first kappa shape index (κ1) is 11.5. The Bertz CT molecular complexity index is 291. The third-order valence-corrected chi connectivity index (χ3v) is 1.79. The average Bonchev–Trinajstić information content (AvgIpc) is 3.12. The summed E-state index contributed by atoms with van der Waals surface area (Å²) in [6.07, 6.45) is 2.03. The third-order valence-electron chi connectivity index (χ3n) is 1.79. The van der Waals surface area contributed by atoms with Gasteiger partial charge in [-0.15, -0.1) is 0 Å². The molecule has 3 heteroatoms. The summed E-state index contributed by atoms with van der Waals surface area (Å²) in [5.41, 5.74) is 1.17. The van der Waals surface area contributed by atoms with Crippen molar-refractivity contribution in [3.63, 3.8) is 0 Å². The molecule has 1 fully saturated rings. The van der Waals surface area contributed by atoms with E-state index in [1.807, 2.05) is 36.4 Å². The number of carbonyl (C=O) groups is 1. The number of rotatable bonds is 4. The van der Waals surface area contributed by atoms with Crippen LogP contribution in [0.1, 0.15) is 5.56 Å². The second kappa shape index (κ2) is 6.79. The summed E-state index contributed by atoms with van der Waals surface area (Å²) >= 11 is 0. The lowest BCUT2D eigenvalue weighted by molar-refractivity contribution is -0.129. The molecule has 1 aliphatic rings. The number of hydrogen-bond donors (Lipinski definition) is 0. The van der Waals surface area contributed by atoms with Gasteiger partial charge >= 0.3 is 0 Å². The Morgan fingerprint density at radius 3 is 2.53 bits per heavy atom. The van der Waals surface area contributed by atoms with E-state index < -0.39 is 0 Å². The van der Waals surface area contributed by atoms with Crippen molar-refractivity contribution in [3.8, 4) is 0 Å². The first-order valence-electron chi connectivity index (χ1n) is 4.71. The standard InChI is InChI=1S/C8H8.C4H6O3/c1-2-8-6-4-3-5-7-8;5-3-6-1-4-2-7-4/h2-7H,1H2;3-4H,1-2H2. The van der Waals surface area contributed by atoms with Crippen LogP contribution in [0.4, 0.5) is 0 Å². The lowest BCUT2D eigenvalue weighted by Crippen LogP contribution is -1.97. The van der Waals surface area contributed by atoms with Gasteiger partial charge in [0.15, 0.2) is 0 Å². The van der Waals surface area contributed by atoms with Crippen molar-refractivity contribution >= 4 is 12.5 Å².